The number of amides is 1. The first-order valence-electron chi connectivity index (χ1n) is 5.36. The van der Waals surface area contributed by atoms with E-state index in [1.54, 1.807) is 0 Å². The Morgan fingerprint density at radius 3 is 2.81 bits per heavy atom. The molecule has 1 aliphatic heterocycles. The number of carbonyl (C=O) groups excluding carboxylic acids is 1. The number of likely N-dealkylation sites (tertiary alicyclic amines) is 1. The number of nitrogen functional groups attached to an aromatic ring is 1. The number of nitrogens with zero attached hydrogens (tertiary/aromatic N) is 3. The molecule has 0 radical (unpaired) electrons. The van der Waals surface area contributed by atoms with Crippen molar-refractivity contribution in [3.63, 3.8) is 0 Å². The third-order valence-electron chi connectivity index (χ3n) is 2.51. The van der Waals surface area contributed by atoms with E-state index in [2.05, 4.69) is 15.5 Å². The van der Waals surface area contributed by atoms with E-state index in [-0.39, 0.29) is 17.9 Å². The SMILES string of the molecule is Nc1nnc(NCCC(=O)N2CCCC2)o1. The van der Waals surface area contributed by atoms with Crippen LogP contribution in [0.1, 0.15) is 19.3 Å². The highest BCUT2D eigenvalue weighted by Crippen LogP contribution is 2.09. The Labute approximate surface area is 93.0 Å². The Morgan fingerprint density at radius 2 is 2.19 bits per heavy atom. The predicted molar refractivity (Wildman–Crippen MR) is 57.6 cm³/mol. The van der Waals surface area contributed by atoms with E-state index >= 15 is 0 Å². The Balaban J connectivity index is 1.69. The summed E-state index contributed by atoms with van der Waals surface area (Å²) < 4.78 is 4.91. The smallest absolute Gasteiger partial charge is 0.316 e. The third kappa shape index (κ3) is 2.62. The molecule has 0 atom stereocenters. The van der Waals surface area contributed by atoms with Crippen molar-refractivity contribution < 1.29 is 9.21 Å². The van der Waals surface area contributed by atoms with Crippen molar-refractivity contribution in [2.45, 2.75) is 19.3 Å². The molecule has 0 spiro atoms. The standard InChI is InChI=1S/C9H15N5O2/c10-8-12-13-9(16-8)11-4-3-7(15)14-5-1-2-6-14/h1-6H2,(H2,10,12)(H,11,13). The molecule has 7 heteroatoms. The van der Waals surface area contributed by atoms with E-state index in [1.165, 1.54) is 0 Å². The van der Waals surface area contributed by atoms with Crippen LogP contribution in [0.25, 0.3) is 0 Å². The summed E-state index contributed by atoms with van der Waals surface area (Å²) in [5.41, 5.74) is 5.25. The van der Waals surface area contributed by atoms with Crippen LogP contribution in [0.15, 0.2) is 4.42 Å². The molecule has 0 aliphatic carbocycles. The second-order valence-electron chi connectivity index (χ2n) is 3.71. The van der Waals surface area contributed by atoms with Gasteiger partial charge in [0.25, 0.3) is 0 Å². The Kier molecular flexibility index (Phi) is 3.23. The number of carbonyl (C=O) groups is 1. The van der Waals surface area contributed by atoms with Gasteiger partial charge in [-0.1, -0.05) is 10.2 Å². The minimum absolute atomic E-state index is 0.0216. The molecule has 1 aromatic heterocycles. The van der Waals surface area contributed by atoms with Crippen LogP contribution >= 0.6 is 0 Å². The summed E-state index contributed by atoms with van der Waals surface area (Å²) in [6.45, 7) is 2.25. The number of anilines is 2. The molecule has 0 bridgehead atoms. The molecule has 1 aliphatic rings. The summed E-state index contributed by atoms with van der Waals surface area (Å²) in [4.78, 5) is 13.5. The maximum Gasteiger partial charge on any atom is 0.316 e. The minimum Gasteiger partial charge on any atom is -0.390 e. The lowest BCUT2D eigenvalue weighted by Gasteiger charge is -2.14. The van der Waals surface area contributed by atoms with Gasteiger partial charge in [-0.15, -0.1) is 0 Å². The largest absolute Gasteiger partial charge is 0.390 e. The van der Waals surface area contributed by atoms with E-state index in [1.807, 2.05) is 4.90 Å². The van der Waals surface area contributed by atoms with Crippen molar-refractivity contribution in [2.75, 3.05) is 30.7 Å². The summed E-state index contributed by atoms with van der Waals surface area (Å²) >= 11 is 0. The molecule has 3 N–H and O–H groups in total. The molecule has 2 rings (SSSR count). The molecule has 1 saturated heterocycles. The van der Waals surface area contributed by atoms with Crippen LogP contribution in [0.5, 0.6) is 0 Å². The Morgan fingerprint density at radius 1 is 1.44 bits per heavy atom. The first kappa shape index (κ1) is 10.7. The van der Waals surface area contributed by atoms with E-state index in [0.717, 1.165) is 25.9 Å². The normalized spacial score (nSPS) is 15.4. The number of hydrogen-bond acceptors (Lipinski definition) is 6. The number of nitrogens with two attached hydrogens (primary N) is 1. The highest BCUT2D eigenvalue weighted by atomic mass is 16.4. The first-order chi connectivity index (χ1) is 7.75. The summed E-state index contributed by atoms with van der Waals surface area (Å²) in [5, 5.41) is 9.98. The molecule has 1 fully saturated rings. The van der Waals surface area contributed by atoms with Crippen LogP contribution in [0.4, 0.5) is 12.0 Å². The quantitative estimate of drug-likeness (QED) is 0.753. The zero-order valence-corrected chi connectivity index (χ0v) is 8.98. The lowest BCUT2D eigenvalue weighted by Crippen LogP contribution is -2.29. The van der Waals surface area contributed by atoms with E-state index in [9.17, 15) is 4.79 Å². The maximum atomic E-state index is 11.6. The van der Waals surface area contributed by atoms with Gasteiger partial charge in [-0.2, -0.15) is 0 Å². The fraction of sp³-hybridized carbons (Fsp3) is 0.667. The molecular formula is C9H15N5O2. The summed E-state index contributed by atoms with van der Waals surface area (Å²) in [6, 6.07) is 0.278. The molecule has 0 saturated carbocycles. The number of aromatic nitrogens is 2. The average molecular weight is 225 g/mol. The van der Waals surface area contributed by atoms with Gasteiger partial charge < -0.3 is 20.4 Å². The molecule has 0 unspecified atom stereocenters. The van der Waals surface area contributed by atoms with Crippen LogP contribution in [0, 0.1) is 0 Å². The molecule has 1 amide bonds. The topological polar surface area (TPSA) is 97.3 Å². The number of rotatable bonds is 4. The monoisotopic (exact) mass is 225 g/mol. The highest BCUT2D eigenvalue weighted by Gasteiger charge is 2.17. The molecule has 1 aromatic rings. The van der Waals surface area contributed by atoms with E-state index in [0.29, 0.717) is 13.0 Å². The van der Waals surface area contributed by atoms with Gasteiger partial charge in [0.15, 0.2) is 0 Å². The van der Waals surface area contributed by atoms with Crippen LogP contribution in [0.3, 0.4) is 0 Å². The zero-order valence-electron chi connectivity index (χ0n) is 8.98. The molecule has 2 heterocycles. The maximum absolute atomic E-state index is 11.6. The summed E-state index contributed by atoms with van der Waals surface area (Å²) in [5.74, 6) is 0.164. The first-order valence-corrected chi connectivity index (χ1v) is 5.36. The predicted octanol–water partition coefficient (Wildman–Crippen LogP) is 0.0762. The van der Waals surface area contributed by atoms with Crippen molar-refractivity contribution in [3.05, 3.63) is 0 Å². The fourth-order valence-corrected chi connectivity index (χ4v) is 1.71. The van der Waals surface area contributed by atoms with Gasteiger partial charge in [0.1, 0.15) is 0 Å². The van der Waals surface area contributed by atoms with Crippen molar-refractivity contribution in [2.24, 2.45) is 0 Å². The van der Waals surface area contributed by atoms with Crippen molar-refractivity contribution in [1.82, 2.24) is 15.1 Å². The average Bonchev–Trinajstić information content (AvgIpc) is 2.89. The molecule has 16 heavy (non-hydrogen) atoms. The van der Waals surface area contributed by atoms with Crippen molar-refractivity contribution in [1.29, 1.82) is 0 Å². The van der Waals surface area contributed by atoms with Crippen LogP contribution in [-0.4, -0.2) is 40.6 Å². The Hall–Kier alpha value is -1.79. The highest BCUT2D eigenvalue weighted by molar-refractivity contribution is 5.76. The second kappa shape index (κ2) is 4.82. The number of hydrogen-bond donors (Lipinski definition) is 2. The van der Waals surface area contributed by atoms with Crippen LogP contribution < -0.4 is 11.1 Å². The van der Waals surface area contributed by atoms with Crippen molar-refractivity contribution in [3.8, 4) is 0 Å². The lowest BCUT2D eigenvalue weighted by atomic mass is 10.3. The van der Waals surface area contributed by atoms with Crippen LogP contribution in [0.2, 0.25) is 0 Å². The van der Waals surface area contributed by atoms with Gasteiger partial charge >= 0.3 is 12.0 Å². The van der Waals surface area contributed by atoms with Gasteiger partial charge in [-0.05, 0) is 12.8 Å². The van der Waals surface area contributed by atoms with Gasteiger partial charge in [0, 0.05) is 26.1 Å². The Bertz CT molecular complexity index is 359. The van der Waals surface area contributed by atoms with Gasteiger partial charge in [0.2, 0.25) is 5.91 Å². The van der Waals surface area contributed by atoms with Gasteiger partial charge in [0.05, 0.1) is 0 Å². The third-order valence-corrected chi connectivity index (χ3v) is 2.51. The van der Waals surface area contributed by atoms with Gasteiger partial charge in [-0.3, -0.25) is 4.79 Å². The van der Waals surface area contributed by atoms with Crippen LogP contribution in [-0.2, 0) is 4.79 Å². The van der Waals surface area contributed by atoms with Gasteiger partial charge in [-0.25, -0.2) is 0 Å². The van der Waals surface area contributed by atoms with E-state index in [4.69, 9.17) is 10.2 Å². The molecule has 7 nitrogen and oxygen atoms in total. The molecule has 0 aromatic carbocycles. The van der Waals surface area contributed by atoms with Crippen molar-refractivity contribution >= 4 is 17.9 Å². The zero-order chi connectivity index (χ0) is 11.4. The van der Waals surface area contributed by atoms with E-state index < -0.39 is 0 Å². The summed E-state index contributed by atoms with van der Waals surface area (Å²) in [7, 11) is 0. The molecular weight excluding hydrogens is 210 g/mol. The fourth-order valence-electron chi connectivity index (χ4n) is 1.71. The second-order valence-corrected chi connectivity index (χ2v) is 3.71. The minimum atomic E-state index is 0.0216. The lowest BCUT2D eigenvalue weighted by molar-refractivity contribution is -0.129. The number of nitrogens with one attached hydrogen (secondary N) is 1. The summed E-state index contributed by atoms with van der Waals surface area (Å²) in [6.07, 6.45) is 2.65. The molecule has 88 valence electrons.